The monoisotopic (exact) mass is 551 g/mol. The average Bonchev–Trinajstić information content (AvgIpc) is 2.82. The molecule has 2 bridgehead atoms. The zero-order chi connectivity index (χ0) is 23.0. The molecule has 2 aliphatic rings. The van der Waals surface area contributed by atoms with Crippen LogP contribution in [0.25, 0.3) is 0 Å². The summed E-state index contributed by atoms with van der Waals surface area (Å²) in [7, 11) is -2.80. The second kappa shape index (κ2) is 12.0. The van der Waals surface area contributed by atoms with Crippen LogP contribution >= 0.6 is 43.3 Å². The number of rotatable bonds is 2. The summed E-state index contributed by atoms with van der Waals surface area (Å²) < 4.78 is 43.4. The van der Waals surface area contributed by atoms with Gasteiger partial charge in [-0.2, -0.15) is 13.5 Å². The molecule has 0 aromatic heterocycles. The van der Waals surface area contributed by atoms with Crippen LogP contribution in [0.2, 0.25) is 0 Å². The van der Waals surface area contributed by atoms with Crippen molar-refractivity contribution >= 4 is 53.9 Å². The van der Waals surface area contributed by atoms with Crippen molar-refractivity contribution in [3.8, 4) is 0 Å². The zero-order valence-corrected chi connectivity index (χ0v) is 22.1. The molecule has 8 nitrogen and oxygen atoms in total. The third-order valence-corrected chi connectivity index (χ3v) is 16.3. The van der Waals surface area contributed by atoms with Crippen molar-refractivity contribution in [1.82, 2.24) is 0 Å². The van der Waals surface area contributed by atoms with Crippen LogP contribution in [0.1, 0.15) is 0 Å². The van der Waals surface area contributed by atoms with E-state index in [4.69, 9.17) is 54.8 Å². The lowest BCUT2D eigenvalue weighted by molar-refractivity contribution is 0.00576. The average molecular weight is 552 g/mol. The molecule has 4 rings (SSSR count). The fraction of sp³-hybridized carbons (Fsp3) is 0.400. The summed E-state index contributed by atoms with van der Waals surface area (Å²) in [6, 6.07) is 19.6. The first-order valence-corrected chi connectivity index (χ1v) is 17.2. The van der Waals surface area contributed by atoms with Gasteiger partial charge in [-0.1, -0.05) is 60.7 Å². The van der Waals surface area contributed by atoms with Crippen molar-refractivity contribution in [2.75, 3.05) is 52.9 Å². The van der Waals surface area contributed by atoms with Crippen LogP contribution in [0.5, 0.6) is 0 Å². The van der Waals surface area contributed by atoms with Crippen molar-refractivity contribution in [3.05, 3.63) is 60.7 Å². The molecule has 2 aromatic rings. The molecular formula is C20H26Cl2N3O5P3. The largest absolute Gasteiger partial charge is 0.377 e. The Morgan fingerprint density at radius 2 is 0.909 bits per heavy atom. The summed E-state index contributed by atoms with van der Waals surface area (Å²) in [4.78, 5) is 0. The molecule has 0 amide bonds. The lowest BCUT2D eigenvalue weighted by Gasteiger charge is -2.31. The van der Waals surface area contributed by atoms with Crippen LogP contribution in [0.3, 0.4) is 0 Å². The quantitative estimate of drug-likeness (QED) is 0.413. The Hall–Kier alpha value is -0.490. The van der Waals surface area contributed by atoms with Crippen molar-refractivity contribution in [2.45, 2.75) is 0 Å². The summed E-state index contributed by atoms with van der Waals surface area (Å²) in [6.45, 7) is -3.49. The van der Waals surface area contributed by atoms with Crippen LogP contribution in [-0.4, -0.2) is 52.9 Å². The molecular weight excluding hydrogens is 526 g/mol. The van der Waals surface area contributed by atoms with Gasteiger partial charge in [0, 0.05) is 10.6 Å². The number of hydrogen-bond donors (Lipinski definition) is 0. The third-order valence-electron chi connectivity index (χ3n) is 4.64. The molecule has 0 saturated carbocycles. The summed E-state index contributed by atoms with van der Waals surface area (Å²) in [5.41, 5.74) is 0. The number of benzene rings is 2. The predicted octanol–water partition coefficient (Wildman–Crippen LogP) is 6.23. The van der Waals surface area contributed by atoms with Gasteiger partial charge in [-0.15, -0.1) is 0 Å². The molecule has 0 radical (unpaired) electrons. The van der Waals surface area contributed by atoms with Gasteiger partial charge in [0.2, 0.25) is 0 Å². The smallest absolute Gasteiger partial charge is 0.299 e. The maximum atomic E-state index is 6.98. The highest BCUT2D eigenvalue weighted by molar-refractivity contribution is 8.03. The molecule has 0 aliphatic carbocycles. The lowest BCUT2D eigenvalue weighted by Crippen LogP contribution is -2.16. The highest BCUT2D eigenvalue weighted by atomic mass is 35.7. The van der Waals surface area contributed by atoms with Crippen molar-refractivity contribution < 1.29 is 23.3 Å². The lowest BCUT2D eigenvalue weighted by atomic mass is 10.4. The molecule has 2 aliphatic heterocycles. The highest BCUT2D eigenvalue weighted by Gasteiger charge is 2.39. The molecule has 0 unspecified atom stereocenters. The third kappa shape index (κ3) is 6.80. The van der Waals surface area contributed by atoms with Gasteiger partial charge in [-0.25, -0.2) is 0 Å². The first kappa shape index (κ1) is 25.6. The van der Waals surface area contributed by atoms with Crippen molar-refractivity contribution in [2.24, 2.45) is 13.5 Å². The number of ether oxygens (including phenoxy) is 3. The van der Waals surface area contributed by atoms with Crippen molar-refractivity contribution in [3.63, 3.8) is 0 Å². The Morgan fingerprint density at radius 3 is 1.36 bits per heavy atom. The molecule has 0 N–H and O–H groups in total. The van der Waals surface area contributed by atoms with Gasteiger partial charge in [0.1, 0.15) is 7.21 Å². The minimum atomic E-state index is -3.21. The summed E-state index contributed by atoms with van der Waals surface area (Å²) >= 11 is 14.0. The van der Waals surface area contributed by atoms with E-state index in [1.54, 1.807) is 0 Å². The highest BCUT2D eigenvalue weighted by Crippen LogP contribution is 2.81. The molecule has 0 fully saturated rings. The molecule has 33 heavy (non-hydrogen) atoms. The Bertz CT molecular complexity index is 1030. The van der Waals surface area contributed by atoms with E-state index in [1.807, 2.05) is 60.7 Å². The van der Waals surface area contributed by atoms with E-state index in [-0.39, 0.29) is 13.2 Å². The molecule has 2 atom stereocenters. The van der Waals surface area contributed by atoms with Crippen LogP contribution in [0, 0.1) is 0 Å². The first-order valence-electron chi connectivity index (χ1n) is 10.5. The Labute approximate surface area is 203 Å². The van der Waals surface area contributed by atoms with E-state index in [0.29, 0.717) is 39.6 Å². The maximum absolute atomic E-state index is 6.98. The number of hydrogen-bond acceptors (Lipinski definition) is 8. The normalized spacial score (nSPS) is 29.2. The Kier molecular flexibility index (Phi) is 9.28. The summed E-state index contributed by atoms with van der Waals surface area (Å²) in [5, 5.41) is 1.82. The van der Waals surface area contributed by atoms with E-state index < -0.39 is 20.8 Å². The predicted molar refractivity (Wildman–Crippen MR) is 136 cm³/mol. The molecule has 13 heteroatoms. The van der Waals surface area contributed by atoms with Gasteiger partial charge in [-0.3, -0.25) is 0 Å². The minimum Gasteiger partial charge on any atom is -0.377 e. The Balaban J connectivity index is 1.83. The van der Waals surface area contributed by atoms with Gasteiger partial charge in [0.05, 0.1) is 52.9 Å². The van der Waals surface area contributed by atoms with Crippen LogP contribution in [0.15, 0.2) is 74.2 Å². The number of halogens is 2. The molecule has 180 valence electrons. The fourth-order valence-electron chi connectivity index (χ4n) is 3.21. The molecule has 0 saturated heterocycles. The van der Waals surface area contributed by atoms with Gasteiger partial charge in [0.15, 0.2) is 0 Å². The summed E-state index contributed by atoms with van der Waals surface area (Å²) in [5.74, 6) is 0. The first-order chi connectivity index (χ1) is 16.0. The van der Waals surface area contributed by atoms with Gasteiger partial charge in [0.25, 0.3) is 13.6 Å². The second-order valence-electron chi connectivity index (χ2n) is 6.99. The van der Waals surface area contributed by atoms with E-state index in [1.165, 1.54) is 0 Å². The van der Waals surface area contributed by atoms with Crippen molar-refractivity contribution in [1.29, 1.82) is 0 Å². The fourth-order valence-corrected chi connectivity index (χ4v) is 16.9. The van der Waals surface area contributed by atoms with E-state index in [9.17, 15) is 0 Å². The van der Waals surface area contributed by atoms with Gasteiger partial charge in [-0.05, 0) is 22.5 Å². The molecule has 0 spiro atoms. The molecule has 2 heterocycles. The van der Waals surface area contributed by atoms with E-state index >= 15 is 0 Å². The van der Waals surface area contributed by atoms with Gasteiger partial charge < -0.3 is 23.3 Å². The standard InChI is InChI=1S/C20H26Cl2N3O5P3/c21-32-23-31(19-7-3-1-4-8-19,20-9-5-2-6-10-20)24-33(22,25-32)30-18-16-28-14-12-26-11-13-27-15-17-29-32/h1-10H,11-18H2/t32-,33+. The summed E-state index contributed by atoms with van der Waals surface area (Å²) in [6.07, 6.45) is 0. The minimum absolute atomic E-state index is 0.216. The molecule has 2 aromatic carbocycles. The van der Waals surface area contributed by atoms with Crippen LogP contribution in [0.4, 0.5) is 0 Å². The topological polar surface area (TPSA) is 83.2 Å². The van der Waals surface area contributed by atoms with E-state index in [2.05, 4.69) is 4.52 Å². The van der Waals surface area contributed by atoms with E-state index in [0.717, 1.165) is 10.6 Å². The number of nitrogens with zero attached hydrogens (tertiary/aromatic N) is 3. The van der Waals surface area contributed by atoms with Crippen LogP contribution < -0.4 is 10.6 Å². The Morgan fingerprint density at radius 1 is 0.515 bits per heavy atom. The van der Waals surface area contributed by atoms with Crippen LogP contribution in [-0.2, 0) is 23.3 Å². The number of fused-ring (bicyclic) bond motifs is 1. The second-order valence-corrected chi connectivity index (χ2v) is 16.4. The SMILES string of the molecule is Cl[P@@]12=N[P@@](Cl)(=NP(c3ccccc3)(c3ccccc3)=N1)OCCOCCOCCOCCO2. The van der Waals surface area contributed by atoms with Gasteiger partial charge >= 0.3 is 0 Å². The zero-order valence-electron chi connectivity index (χ0n) is 17.9. The maximum Gasteiger partial charge on any atom is 0.299 e.